The van der Waals surface area contributed by atoms with Crippen molar-refractivity contribution in [2.45, 2.75) is 38.0 Å². The van der Waals surface area contributed by atoms with Gasteiger partial charge in [-0.05, 0) is 48.7 Å². The molecule has 0 saturated heterocycles. The van der Waals surface area contributed by atoms with Crippen molar-refractivity contribution in [2.75, 3.05) is 6.61 Å². The number of primary amides is 1. The zero-order valence-electron chi connectivity index (χ0n) is 17.0. The predicted octanol–water partition coefficient (Wildman–Crippen LogP) is 3.95. The number of aromatic nitrogens is 2. The number of halogens is 1. The number of amides is 1. The molecule has 2 aromatic carbocycles. The summed E-state index contributed by atoms with van der Waals surface area (Å²) in [6.45, 7) is -0.199. The molecule has 3 aromatic rings. The number of nitrogens with two attached hydrogens (primary N) is 1. The first kappa shape index (κ1) is 21.2. The fourth-order valence-corrected chi connectivity index (χ4v) is 4.23. The van der Waals surface area contributed by atoms with Gasteiger partial charge in [-0.25, -0.2) is 4.98 Å². The highest BCUT2D eigenvalue weighted by Gasteiger charge is 2.22. The Labute approximate surface area is 188 Å². The maximum absolute atomic E-state index is 13.3. The van der Waals surface area contributed by atoms with E-state index in [0.29, 0.717) is 22.5 Å². The van der Waals surface area contributed by atoms with Gasteiger partial charge in [0.1, 0.15) is 11.6 Å². The monoisotopic (exact) mass is 482 g/mol. The summed E-state index contributed by atoms with van der Waals surface area (Å²) < 4.78 is 7.60. The summed E-state index contributed by atoms with van der Waals surface area (Å²) >= 11 is 3.43. The molecule has 4 rings (SSSR count). The molecule has 7 nitrogen and oxygen atoms in total. The number of carbonyl (C=O) groups excluding carboxylic acids is 1. The minimum absolute atomic E-state index is 0.191. The lowest BCUT2D eigenvalue weighted by molar-refractivity contribution is -0.119. The third-order valence-corrected chi connectivity index (χ3v) is 5.86. The van der Waals surface area contributed by atoms with Crippen molar-refractivity contribution in [2.24, 2.45) is 10.8 Å². The van der Waals surface area contributed by atoms with Crippen LogP contribution in [0.1, 0.15) is 49.4 Å². The van der Waals surface area contributed by atoms with Crippen LogP contribution in [-0.2, 0) is 4.79 Å². The molecule has 0 unspecified atom stereocenters. The molecule has 31 heavy (non-hydrogen) atoms. The first-order valence-corrected chi connectivity index (χ1v) is 11.1. The second-order valence-corrected chi connectivity index (χ2v) is 8.57. The Kier molecular flexibility index (Phi) is 6.46. The molecule has 1 heterocycles. The molecule has 8 heteroatoms. The largest absolute Gasteiger partial charge is 0.484 e. The fourth-order valence-electron chi connectivity index (χ4n) is 3.87. The summed E-state index contributed by atoms with van der Waals surface area (Å²) in [5.74, 6) is 0.869. The van der Waals surface area contributed by atoms with Gasteiger partial charge in [0.25, 0.3) is 11.5 Å². The lowest BCUT2D eigenvalue weighted by Crippen LogP contribution is -2.25. The summed E-state index contributed by atoms with van der Waals surface area (Å²) in [4.78, 5) is 29.1. The third kappa shape index (κ3) is 5.02. The maximum atomic E-state index is 13.3. The van der Waals surface area contributed by atoms with Crippen molar-refractivity contribution in [1.29, 1.82) is 0 Å². The predicted molar refractivity (Wildman–Crippen MR) is 124 cm³/mol. The summed E-state index contributed by atoms with van der Waals surface area (Å²) in [5.41, 5.74) is 6.36. The number of nitrogens with zero attached hydrogens (tertiary/aromatic N) is 3. The lowest BCUT2D eigenvalue weighted by Gasteiger charge is -2.22. The Balaban J connectivity index is 1.75. The van der Waals surface area contributed by atoms with Crippen LogP contribution >= 0.6 is 15.9 Å². The summed E-state index contributed by atoms with van der Waals surface area (Å²) in [6.07, 6.45) is 7.07. The Morgan fingerprint density at radius 1 is 1.23 bits per heavy atom. The van der Waals surface area contributed by atoms with Crippen LogP contribution in [0.4, 0.5) is 0 Å². The molecule has 1 fully saturated rings. The minimum Gasteiger partial charge on any atom is -0.484 e. The molecular weight excluding hydrogens is 460 g/mol. The van der Waals surface area contributed by atoms with Gasteiger partial charge < -0.3 is 10.5 Å². The molecule has 0 radical (unpaired) electrons. The van der Waals surface area contributed by atoms with Crippen LogP contribution in [0.25, 0.3) is 10.9 Å². The van der Waals surface area contributed by atoms with Crippen LogP contribution in [0.2, 0.25) is 0 Å². The van der Waals surface area contributed by atoms with E-state index in [1.54, 1.807) is 30.5 Å². The van der Waals surface area contributed by atoms with E-state index in [1.807, 2.05) is 18.2 Å². The van der Waals surface area contributed by atoms with Crippen molar-refractivity contribution in [3.63, 3.8) is 0 Å². The average molecular weight is 483 g/mol. The highest BCUT2D eigenvalue weighted by molar-refractivity contribution is 9.10. The van der Waals surface area contributed by atoms with E-state index < -0.39 is 5.91 Å². The Bertz CT molecular complexity index is 1200. The van der Waals surface area contributed by atoms with Gasteiger partial charge in [-0.2, -0.15) is 9.78 Å². The van der Waals surface area contributed by atoms with Crippen molar-refractivity contribution in [3.8, 4) is 5.75 Å². The van der Waals surface area contributed by atoms with Gasteiger partial charge in [-0.1, -0.05) is 47.3 Å². The highest BCUT2D eigenvalue weighted by Crippen LogP contribution is 2.32. The number of hydrogen-bond acceptors (Lipinski definition) is 5. The third-order valence-electron chi connectivity index (χ3n) is 5.37. The zero-order chi connectivity index (χ0) is 21.8. The zero-order valence-corrected chi connectivity index (χ0v) is 18.5. The van der Waals surface area contributed by atoms with Crippen LogP contribution in [0.5, 0.6) is 5.75 Å². The normalized spacial score (nSPS) is 14.9. The van der Waals surface area contributed by atoms with Gasteiger partial charge >= 0.3 is 0 Å². The Hall–Kier alpha value is -3.00. The molecule has 160 valence electrons. The topological polar surface area (TPSA) is 99.6 Å². The molecule has 2 N–H and O–H groups in total. The van der Waals surface area contributed by atoms with Crippen LogP contribution in [0, 0.1) is 0 Å². The van der Waals surface area contributed by atoms with E-state index in [4.69, 9.17) is 15.5 Å². The first-order valence-electron chi connectivity index (χ1n) is 10.3. The SMILES string of the molecule is NC(=O)COc1cccc(C=Nn2c(C3CCCCC3)nc3ccc(Br)cc3c2=O)c1. The van der Waals surface area contributed by atoms with E-state index in [0.717, 1.165) is 35.7 Å². The quantitative estimate of drug-likeness (QED) is 0.537. The van der Waals surface area contributed by atoms with E-state index in [-0.39, 0.29) is 18.1 Å². The smallest absolute Gasteiger partial charge is 0.282 e. The van der Waals surface area contributed by atoms with Crippen LogP contribution in [0.15, 0.2) is 56.8 Å². The van der Waals surface area contributed by atoms with Crippen molar-refractivity contribution < 1.29 is 9.53 Å². The average Bonchev–Trinajstić information content (AvgIpc) is 2.78. The van der Waals surface area contributed by atoms with Crippen molar-refractivity contribution in [3.05, 3.63) is 68.7 Å². The second kappa shape index (κ2) is 9.43. The van der Waals surface area contributed by atoms with Crippen molar-refractivity contribution in [1.82, 2.24) is 9.66 Å². The van der Waals surface area contributed by atoms with E-state index in [1.165, 1.54) is 11.1 Å². The molecule has 0 atom stereocenters. The molecule has 0 bridgehead atoms. The number of rotatable bonds is 6. The Morgan fingerprint density at radius 2 is 2.03 bits per heavy atom. The van der Waals surface area contributed by atoms with Gasteiger partial charge in [-0.3, -0.25) is 9.59 Å². The lowest BCUT2D eigenvalue weighted by atomic mass is 9.88. The molecule has 1 aromatic heterocycles. The Morgan fingerprint density at radius 3 is 2.81 bits per heavy atom. The van der Waals surface area contributed by atoms with Crippen molar-refractivity contribution >= 4 is 39.0 Å². The number of ether oxygens (including phenoxy) is 1. The van der Waals surface area contributed by atoms with Gasteiger partial charge in [0, 0.05) is 10.4 Å². The molecule has 1 aliphatic carbocycles. The van der Waals surface area contributed by atoms with Gasteiger partial charge in [-0.15, -0.1) is 0 Å². The number of carbonyl (C=O) groups is 1. The van der Waals surface area contributed by atoms with E-state index in [2.05, 4.69) is 21.0 Å². The second-order valence-electron chi connectivity index (χ2n) is 7.66. The number of hydrogen-bond donors (Lipinski definition) is 1. The summed E-state index contributed by atoms with van der Waals surface area (Å²) in [5, 5.41) is 5.04. The molecular formula is C23H23BrN4O3. The van der Waals surface area contributed by atoms with E-state index >= 15 is 0 Å². The van der Waals surface area contributed by atoms with Gasteiger partial charge in [0.05, 0.1) is 17.1 Å². The summed E-state index contributed by atoms with van der Waals surface area (Å²) in [7, 11) is 0. The summed E-state index contributed by atoms with van der Waals surface area (Å²) in [6, 6.07) is 12.6. The molecule has 1 aliphatic rings. The standard InChI is InChI=1S/C23H23BrN4O3/c24-17-9-10-20-19(12-17)23(30)28(22(27-20)16-6-2-1-3-7-16)26-13-15-5-4-8-18(11-15)31-14-21(25)29/h4-5,8-13,16H,1-3,6-7,14H2,(H2,25,29). The fraction of sp³-hybridized carbons (Fsp3) is 0.304. The van der Waals surface area contributed by atoms with Gasteiger partial charge in [0.15, 0.2) is 6.61 Å². The molecule has 0 aliphatic heterocycles. The highest BCUT2D eigenvalue weighted by atomic mass is 79.9. The van der Waals surface area contributed by atoms with E-state index in [9.17, 15) is 9.59 Å². The number of benzene rings is 2. The molecule has 1 saturated carbocycles. The maximum Gasteiger partial charge on any atom is 0.282 e. The van der Waals surface area contributed by atoms with Crippen LogP contribution in [0.3, 0.4) is 0 Å². The van der Waals surface area contributed by atoms with Crippen LogP contribution < -0.4 is 16.0 Å². The molecule has 1 amide bonds. The van der Waals surface area contributed by atoms with Gasteiger partial charge in [0.2, 0.25) is 0 Å². The molecule has 0 spiro atoms. The first-order chi connectivity index (χ1) is 15.0. The minimum atomic E-state index is -0.545. The number of fused-ring (bicyclic) bond motifs is 1. The van der Waals surface area contributed by atoms with Crippen LogP contribution in [-0.4, -0.2) is 28.4 Å².